The fraction of sp³-hybridized carbons (Fsp3) is 0.353. The molecule has 0 saturated carbocycles. The number of nitrogens with one attached hydrogen (secondary N) is 1. The Morgan fingerprint density at radius 2 is 2.12 bits per heavy atom. The second kappa shape index (κ2) is 7.49. The molecule has 3 rings (SSSR count). The summed E-state index contributed by atoms with van der Waals surface area (Å²) in [5.74, 6) is 0.261. The smallest absolute Gasteiger partial charge is 0.243 e. The average molecular weight is 348 g/mol. The number of benzene rings is 1. The highest BCUT2D eigenvalue weighted by atomic mass is 35.5. The molecule has 24 heavy (non-hydrogen) atoms. The number of carbonyl (C=O) groups excluding carboxylic acids is 2. The lowest BCUT2D eigenvalue weighted by molar-refractivity contribution is -0.138. The largest absolute Gasteiger partial charge is 0.448 e. The zero-order valence-electron chi connectivity index (χ0n) is 13.1. The van der Waals surface area contributed by atoms with Crippen LogP contribution < -0.4 is 5.32 Å². The van der Waals surface area contributed by atoms with E-state index in [9.17, 15) is 9.59 Å². The van der Waals surface area contributed by atoms with Gasteiger partial charge in [-0.05, 0) is 30.5 Å². The van der Waals surface area contributed by atoms with Gasteiger partial charge in [-0.1, -0.05) is 23.7 Å². The van der Waals surface area contributed by atoms with E-state index in [0.717, 1.165) is 12.0 Å². The topological polar surface area (TPSA) is 75.4 Å². The maximum absolute atomic E-state index is 12.4. The lowest BCUT2D eigenvalue weighted by atomic mass is 10.1. The van der Waals surface area contributed by atoms with Crippen molar-refractivity contribution in [3.63, 3.8) is 0 Å². The van der Waals surface area contributed by atoms with Crippen LogP contribution in [0.5, 0.6) is 0 Å². The number of amides is 2. The third-order valence-electron chi connectivity index (χ3n) is 4.06. The van der Waals surface area contributed by atoms with Crippen molar-refractivity contribution in [1.82, 2.24) is 15.2 Å². The van der Waals surface area contributed by atoms with E-state index < -0.39 is 6.04 Å². The molecule has 1 aromatic carbocycles. The minimum atomic E-state index is -0.423. The monoisotopic (exact) mass is 347 g/mol. The van der Waals surface area contributed by atoms with Gasteiger partial charge in [0.15, 0.2) is 6.39 Å². The Kier molecular flexibility index (Phi) is 5.15. The van der Waals surface area contributed by atoms with Crippen molar-refractivity contribution in [3.05, 3.63) is 53.2 Å². The van der Waals surface area contributed by atoms with Crippen molar-refractivity contribution in [2.75, 3.05) is 6.54 Å². The highest BCUT2D eigenvalue weighted by Crippen LogP contribution is 2.19. The van der Waals surface area contributed by atoms with Gasteiger partial charge in [-0.3, -0.25) is 9.59 Å². The lowest BCUT2D eigenvalue weighted by Crippen LogP contribution is -2.46. The number of nitrogens with zero attached hydrogens (tertiary/aromatic N) is 2. The number of likely N-dealkylation sites (tertiary alicyclic amines) is 1. The second-order valence-electron chi connectivity index (χ2n) is 5.73. The average Bonchev–Trinajstić information content (AvgIpc) is 3.25. The SMILES string of the molecule is O=C(NCc1ccc(Cl)cc1)[C@@H]1CCCN1C(=O)Cc1cnco1. The molecule has 0 radical (unpaired) electrons. The van der Waals surface area contributed by atoms with Crippen molar-refractivity contribution >= 4 is 23.4 Å². The van der Waals surface area contributed by atoms with E-state index in [2.05, 4.69) is 10.3 Å². The molecule has 1 aliphatic heterocycles. The standard InChI is InChI=1S/C17H18ClN3O3/c18-13-5-3-12(4-6-13)9-20-17(23)15-2-1-7-21(15)16(22)8-14-10-19-11-24-14/h3-6,10-11,15H,1-2,7-9H2,(H,20,23)/t15-/m0/s1. The van der Waals surface area contributed by atoms with Crippen LogP contribution >= 0.6 is 11.6 Å². The van der Waals surface area contributed by atoms with Crippen molar-refractivity contribution in [3.8, 4) is 0 Å². The van der Waals surface area contributed by atoms with Crippen LogP contribution in [0.25, 0.3) is 0 Å². The van der Waals surface area contributed by atoms with Gasteiger partial charge in [-0.25, -0.2) is 4.98 Å². The quantitative estimate of drug-likeness (QED) is 0.899. The number of oxazole rings is 1. The van der Waals surface area contributed by atoms with E-state index >= 15 is 0 Å². The number of rotatable bonds is 5. The van der Waals surface area contributed by atoms with Gasteiger partial charge < -0.3 is 14.6 Å². The van der Waals surface area contributed by atoms with Crippen molar-refractivity contribution in [1.29, 1.82) is 0 Å². The molecule has 1 N–H and O–H groups in total. The van der Waals surface area contributed by atoms with Crippen molar-refractivity contribution in [2.24, 2.45) is 0 Å². The van der Waals surface area contributed by atoms with Gasteiger partial charge in [0.25, 0.3) is 0 Å². The van der Waals surface area contributed by atoms with Crippen LogP contribution in [0.3, 0.4) is 0 Å². The number of halogens is 1. The summed E-state index contributed by atoms with van der Waals surface area (Å²) in [7, 11) is 0. The van der Waals surface area contributed by atoms with E-state index in [-0.39, 0.29) is 18.2 Å². The second-order valence-corrected chi connectivity index (χ2v) is 6.17. The van der Waals surface area contributed by atoms with Gasteiger partial charge in [0.1, 0.15) is 11.8 Å². The van der Waals surface area contributed by atoms with Gasteiger partial charge in [0, 0.05) is 18.1 Å². The summed E-state index contributed by atoms with van der Waals surface area (Å²) >= 11 is 5.85. The van der Waals surface area contributed by atoms with Gasteiger partial charge in [0.05, 0.1) is 12.6 Å². The molecule has 0 bridgehead atoms. The first-order chi connectivity index (χ1) is 11.6. The molecule has 1 fully saturated rings. The predicted molar refractivity (Wildman–Crippen MR) is 88.2 cm³/mol. The molecule has 0 aliphatic carbocycles. The minimum Gasteiger partial charge on any atom is -0.448 e. The Balaban J connectivity index is 1.56. The Labute approximate surface area is 144 Å². The van der Waals surface area contributed by atoms with Crippen LogP contribution in [0.2, 0.25) is 5.02 Å². The normalized spacial score (nSPS) is 17.0. The summed E-state index contributed by atoms with van der Waals surface area (Å²) in [4.78, 5) is 30.2. The molecular weight excluding hydrogens is 330 g/mol. The minimum absolute atomic E-state index is 0.115. The third-order valence-corrected chi connectivity index (χ3v) is 4.32. The van der Waals surface area contributed by atoms with Crippen LogP contribution in [0.15, 0.2) is 41.3 Å². The van der Waals surface area contributed by atoms with Crippen LogP contribution in [0.1, 0.15) is 24.2 Å². The van der Waals surface area contributed by atoms with E-state index in [1.165, 1.54) is 12.6 Å². The van der Waals surface area contributed by atoms with E-state index in [4.69, 9.17) is 16.0 Å². The van der Waals surface area contributed by atoms with Crippen LogP contribution in [0.4, 0.5) is 0 Å². The Morgan fingerprint density at radius 3 is 2.83 bits per heavy atom. The molecule has 126 valence electrons. The first kappa shape index (κ1) is 16.5. The van der Waals surface area contributed by atoms with Gasteiger partial charge in [0.2, 0.25) is 11.8 Å². The fourth-order valence-electron chi connectivity index (χ4n) is 2.83. The molecule has 2 heterocycles. The maximum Gasteiger partial charge on any atom is 0.243 e. The zero-order chi connectivity index (χ0) is 16.9. The van der Waals surface area contributed by atoms with E-state index in [0.29, 0.717) is 30.3 Å². The third kappa shape index (κ3) is 3.94. The van der Waals surface area contributed by atoms with Crippen molar-refractivity contribution < 1.29 is 14.0 Å². The number of hydrogen-bond acceptors (Lipinski definition) is 4. The van der Waals surface area contributed by atoms with Crippen LogP contribution in [-0.2, 0) is 22.6 Å². The summed E-state index contributed by atoms with van der Waals surface area (Å²) < 4.78 is 5.10. The number of hydrogen-bond donors (Lipinski definition) is 1. The van der Waals surface area contributed by atoms with Crippen LogP contribution in [-0.4, -0.2) is 34.3 Å². The predicted octanol–water partition coefficient (Wildman–Crippen LogP) is 2.18. The molecule has 6 nitrogen and oxygen atoms in total. The maximum atomic E-state index is 12.4. The number of aromatic nitrogens is 1. The molecule has 0 unspecified atom stereocenters. The molecule has 1 aliphatic rings. The molecule has 1 saturated heterocycles. The summed E-state index contributed by atoms with van der Waals surface area (Å²) in [6.07, 6.45) is 4.43. The summed E-state index contributed by atoms with van der Waals surface area (Å²) in [5.41, 5.74) is 0.963. The van der Waals surface area contributed by atoms with Gasteiger partial charge in [-0.2, -0.15) is 0 Å². The Morgan fingerprint density at radius 1 is 1.33 bits per heavy atom. The summed E-state index contributed by atoms with van der Waals surface area (Å²) in [6, 6.07) is 6.87. The van der Waals surface area contributed by atoms with Crippen molar-refractivity contribution in [2.45, 2.75) is 31.8 Å². The molecule has 2 aromatic rings. The van der Waals surface area contributed by atoms with Gasteiger partial charge in [-0.15, -0.1) is 0 Å². The lowest BCUT2D eigenvalue weighted by Gasteiger charge is -2.23. The zero-order valence-corrected chi connectivity index (χ0v) is 13.8. The Bertz CT molecular complexity index is 700. The first-order valence-corrected chi connectivity index (χ1v) is 8.20. The van der Waals surface area contributed by atoms with E-state index in [1.54, 1.807) is 17.0 Å². The molecule has 1 atom stereocenters. The van der Waals surface area contributed by atoms with Crippen LogP contribution in [0, 0.1) is 0 Å². The fourth-order valence-corrected chi connectivity index (χ4v) is 2.95. The Hall–Kier alpha value is -2.34. The highest BCUT2D eigenvalue weighted by Gasteiger charge is 2.34. The van der Waals surface area contributed by atoms with Gasteiger partial charge >= 0.3 is 0 Å². The highest BCUT2D eigenvalue weighted by molar-refractivity contribution is 6.30. The molecule has 2 amide bonds. The summed E-state index contributed by atoms with van der Waals surface area (Å²) in [6.45, 7) is 1.00. The summed E-state index contributed by atoms with van der Waals surface area (Å²) in [5, 5.41) is 3.55. The molecule has 0 spiro atoms. The molecular formula is C17H18ClN3O3. The van der Waals surface area contributed by atoms with E-state index in [1.807, 2.05) is 12.1 Å². The number of carbonyl (C=O) groups is 2. The molecule has 7 heteroatoms. The first-order valence-electron chi connectivity index (χ1n) is 7.82. The molecule has 1 aromatic heterocycles.